The minimum Gasteiger partial charge on any atom is -0.480 e. The van der Waals surface area contributed by atoms with Crippen LogP contribution >= 0.6 is 0 Å². The van der Waals surface area contributed by atoms with E-state index in [0.29, 0.717) is 12.3 Å². The minimum absolute atomic E-state index is 0.00344. The molecule has 2 fully saturated rings. The molecule has 0 bridgehead atoms. The molecular formula is C13H19NO5. The summed E-state index contributed by atoms with van der Waals surface area (Å²) in [6.07, 6.45) is 1.65. The van der Waals surface area contributed by atoms with Crippen LogP contribution in [-0.4, -0.2) is 35.1 Å². The van der Waals surface area contributed by atoms with Crippen molar-refractivity contribution in [1.29, 1.82) is 0 Å². The number of carbonyl (C=O) groups excluding carboxylic acids is 2. The summed E-state index contributed by atoms with van der Waals surface area (Å²) in [5.41, 5.74) is 0. The van der Waals surface area contributed by atoms with Crippen LogP contribution in [0.5, 0.6) is 0 Å². The molecule has 0 unspecified atom stereocenters. The predicted octanol–water partition coefficient (Wildman–Crippen LogP) is 0.553. The third kappa shape index (κ3) is 3.05. The fraction of sp³-hybridized carbons (Fsp3) is 0.769. The highest BCUT2D eigenvalue weighted by Crippen LogP contribution is 2.34. The Kier molecular flexibility index (Phi) is 3.78. The van der Waals surface area contributed by atoms with Crippen LogP contribution in [0, 0.1) is 17.8 Å². The number of hydrogen-bond acceptors (Lipinski definition) is 4. The van der Waals surface area contributed by atoms with Crippen molar-refractivity contribution < 1.29 is 24.2 Å². The Morgan fingerprint density at radius 2 is 2.05 bits per heavy atom. The molecule has 0 radical (unpaired) electrons. The first-order valence-electron chi connectivity index (χ1n) is 6.63. The van der Waals surface area contributed by atoms with Crippen LogP contribution in [-0.2, 0) is 19.1 Å². The summed E-state index contributed by atoms with van der Waals surface area (Å²) in [7, 11) is 0. The van der Waals surface area contributed by atoms with Gasteiger partial charge in [-0.05, 0) is 18.3 Å². The van der Waals surface area contributed by atoms with Crippen LogP contribution in [0.2, 0.25) is 0 Å². The van der Waals surface area contributed by atoms with Crippen LogP contribution in [0.25, 0.3) is 0 Å². The van der Waals surface area contributed by atoms with Gasteiger partial charge in [0.1, 0.15) is 12.0 Å². The third-order valence-corrected chi connectivity index (χ3v) is 3.70. The SMILES string of the molecule is CC(C)[C@@H]1C(=O)O[C@H]1C(=O)N[C@@H](CC1CC1)C(=O)O. The summed E-state index contributed by atoms with van der Waals surface area (Å²) in [5, 5.41) is 11.6. The Hall–Kier alpha value is -1.59. The van der Waals surface area contributed by atoms with Crippen molar-refractivity contribution in [2.75, 3.05) is 0 Å². The predicted molar refractivity (Wildman–Crippen MR) is 65.1 cm³/mol. The molecule has 2 N–H and O–H groups in total. The molecule has 2 rings (SSSR count). The molecule has 19 heavy (non-hydrogen) atoms. The number of rotatable bonds is 6. The molecule has 1 saturated heterocycles. The lowest BCUT2D eigenvalue weighted by Gasteiger charge is -2.36. The van der Waals surface area contributed by atoms with Crippen molar-refractivity contribution in [3.05, 3.63) is 0 Å². The Balaban J connectivity index is 1.91. The summed E-state index contributed by atoms with van der Waals surface area (Å²) in [6.45, 7) is 3.68. The second-order valence-electron chi connectivity index (χ2n) is 5.71. The first-order valence-corrected chi connectivity index (χ1v) is 6.63. The summed E-state index contributed by atoms with van der Waals surface area (Å²) < 4.78 is 4.83. The van der Waals surface area contributed by atoms with Crippen molar-refractivity contribution in [2.45, 2.75) is 45.3 Å². The molecule has 0 aromatic carbocycles. The van der Waals surface area contributed by atoms with E-state index in [1.807, 2.05) is 13.8 Å². The van der Waals surface area contributed by atoms with Gasteiger partial charge in [0.15, 0.2) is 6.10 Å². The fourth-order valence-electron chi connectivity index (χ4n) is 2.33. The van der Waals surface area contributed by atoms with Gasteiger partial charge in [-0.15, -0.1) is 0 Å². The van der Waals surface area contributed by atoms with Gasteiger partial charge in [-0.1, -0.05) is 26.7 Å². The molecule has 1 amide bonds. The minimum atomic E-state index is -1.04. The summed E-state index contributed by atoms with van der Waals surface area (Å²) in [4.78, 5) is 34.3. The Morgan fingerprint density at radius 3 is 2.47 bits per heavy atom. The number of hydrogen-bond donors (Lipinski definition) is 2. The molecule has 3 atom stereocenters. The van der Waals surface area contributed by atoms with Crippen LogP contribution in [0.4, 0.5) is 0 Å². The molecule has 0 spiro atoms. The number of cyclic esters (lactones) is 1. The van der Waals surface area contributed by atoms with Gasteiger partial charge in [0, 0.05) is 0 Å². The summed E-state index contributed by atoms with van der Waals surface area (Å²) in [5.74, 6) is -1.98. The molecule has 1 saturated carbocycles. The Labute approximate surface area is 111 Å². The highest BCUT2D eigenvalue weighted by atomic mass is 16.6. The second kappa shape index (κ2) is 5.19. The standard InChI is InChI=1S/C13H19NO5/c1-6(2)9-10(19-13(9)18)11(15)14-8(12(16)17)5-7-3-4-7/h6-10H,3-5H2,1-2H3,(H,14,15)(H,16,17)/t8-,9-,10+/m0/s1. The smallest absolute Gasteiger partial charge is 0.326 e. The lowest BCUT2D eigenvalue weighted by molar-refractivity contribution is -0.193. The molecule has 0 aromatic heterocycles. The maximum Gasteiger partial charge on any atom is 0.326 e. The van der Waals surface area contributed by atoms with E-state index in [0.717, 1.165) is 12.8 Å². The first kappa shape index (κ1) is 13.8. The molecule has 106 valence electrons. The van der Waals surface area contributed by atoms with Crippen LogP contribution in [0.15, 0.2) is 0 Å². The first-order chi connectivity index (χ1) is 8.90. The highest BCUT2D eigenvalue weighted by Gasteiger charge is 2.49. The zero-order valence-corrected chi connectivity index (χ0v) is 11.1. The Morgan fingerprint density at radius 1 is 1.42 bits per heavy atom. The van der Waals surface area contributed by atoms with Crippen molar-refractivity contribution >= 4 is 17.8 Å². The maximum atomic E-state index is 12.0. The van der Waals surface area contributed by atoms with E-state index in [2.05, 4.69) is 5.32 Å². The van der Waals surface area contributed by atoms with E-state index in [-0.39, 0.29) is 11.9 Å². The van der Waals surface area contributed by atoms with Gasteiger partial charge in [0.05, 0.1) is 0 Å². The average molecular weight is 269 g/mol. The lowest BCUT2D eigenvalue weighted by atomic mass is 9.85. The van der Waals surface area contributed by atoms with Crippen molar-refractivity contribution in [1.82, 2.24) is 5.32 Å². The Bertz CT molecular complexity index is 402. The van der Waals surface area contributed by atoms with E-state index < -0.39 is 29.9 Å². The van der Waals surface area contributed by atoms with Gasteiger partial charge in [-0.2, -0.15) is 0 Å². The van der Waals surface area contributed by atoms with Gasteiger partial charge in [0.25, 0.3) is 5.91 Å². The number of carbonyl (C=O) groups is 3. The average Bonchev–Trinajstić information content (AvgIpc) is 3.07. The van der Waals surface area contributed by atoms with Crippen molar-refractivity contribution in [3.63, 3.8) is 0 Å². The summed E-state index contributed by atoms with van der Waals surface area (Å²) >= 11 is 0. The number of carboxylic acid groups (broad SMARTS) is 1. The zero-order valence-electron chi connectivity index (χ0n) is 11.1. The van der Waals surface area contributed by atoms with Gasteiger partial charge < -0.3 is 15.2 Å². The lowest BCUT2D eigenvalue weighted by Crippen LogP contribution is -2.58. The van der Waals surface area contributed by atoms with E-state index >= 15 is 0 Å². The van der Waals surface area contributed by atoms with Gasteiger partial charge in [-0.3, -0.25) is 9.59 Å². The van der Waals surface area contributed by atoms with Gasteiger partial charge in [-0.25, -0.2) is 4.79 Å². The monoisotopic (exact) mass is 269 g/mol. The molecular weight excluding hydrogens is 250 g/mol. The van der Waals surface area contributed by atoms with Crippen LogP contribution in [0.1, 0.15) is 33.1 Å². The van der Waals surface area contributed by atoms with E-state index in [1.54, 1.807) is 0 Å². The normalized spacial score (nSPS) is 27.4. The second-order valence-corrected chi connectivity index (χ2v) is 5.71. The molecule has 0 aromatic rings. The number of nitrogens with one attached hydrogen (secondary N) is 1. The molecule has 6 heteroatoms. The number of aliphatic carboxylic acids is 1. The van der Waals surface area contributed by atoms with Gasteiger partial charge in [0.2, 0.25) is 0 Å². The quantitative estimate of drug-likeness (QED) is 0.687. The van der Waals surface area contributed by atoms with E-state index in [4.69, 9.17) is 9.84 Å². The maximum absolute atomic E-state index is 12.0. The van der Waals surface area contributed by atoms with Crippen molar-refractivity contribution in [2.24, 2.45) is 17.8 Å². The number of amides is 1. The largest absolute Gasteiger partial charge is 0.480 e. The number of carboxylic acids is 1. The van der Waals surface area contributed by atoms with E-state index in [1.165, 1.54) is 0 Å². The van der Waals surface area contributed by atoms with Crippen molar-refractivity contribution in [3.8, 4) is 0 Å². The molecule has 6 nitrogen and oxygen atoms in total. The third-order valence-electron chi connectivity index (χ3n) is 3.70. The van der Waals surface area contributed by atoms with Crippen LogP contribution < -0.4 is 5.32 Å². The topological polar surface area (TPSA) is 92.7 Å². The fourth-order valence-corrected chi connectivity index (χ4v) is 2.33. The zero-order chi connectivity index (χ0) is 14.2. The highest BCUT2D eigenvalue weighted by molar-refractivity contribution is 5.95. The van der Waals surface area contributed by atoms with Gasteiger partial charge >= 0.3 is 11.9 Å². The van der Waals surface area contributed by atoms with Crippen LogP contribution in [0.3, 0.4) is 0 Å². The number of ether oxygens (including phenoxy) is 1. The summed E-state index contributed by atoms with van der Waals surface area (Å²) in [6, 6.07) is -0.882. The number of esters is 1. The molecule has 1 heterocycles. The molecule has 1 aliphatic heterocycles. The molecule has 2 aliphatic rings. The molecule has 1 aliphatic carbocycles. The van der Waals surface area contributed by atoms with E-state index in [9.17, 15) is 14.4 Å².